The summed E-state index contributed by atoms with van der Waals surface area (Å²) in [7, 11) is 0. The average molecular weight is 708 g/mol. The van der Waals surface area contributed by atoms with Gasteiger partial charge < -0.3 is 0 Å². The second kappa shape index (κ2) is 8.89. The lowest BCUT2D eigenvalue weighted by Gasteiger charge is -2.09. The van der Waals surface area contributed by atoms with E-state index in [1.807, 2.05) is 24.3 Å². The van der Waals surface area contributed by atoms with Crippen molar-refractivity contribution in [1.82, 2.24) is 0 Å². The van der Waals surface area contributed by atoms with Gasteiger partial charge in [-0.05, 0) is 88.0 Å². The van der Waals surface area contributed by atoms with E-state index in [0.717, 1.165) is 36.6 Å². The lowest BCUT2D eigenvalue weighted by Crippen LogP contribution is -1.82. The molecule has 0 spiro atoms. The Hall–Kier alpha value is 1.98. The van der Waals surface area contributed by atoms with Gasteiger partial charge in [0.15, 0.2) is 0 Å². The minimum absolute atomic E-state index is 0.961. The SMILES string of the molecule is Brc1cc(Br)c(SOSc2c(Br)cc(Br)cc2Br)c(Br)c1. The maximum atomic E-state index is 5.69. The average Bonchev–Trinajstić information content (AvgIpc) is 2.34. The van der Waals surface area contributed by atoms with Crippen molar-refractivity contribution in [3.63, 3.8) is 0 Å². The summed E-state index contributed by atoms with van der Waals surface area (Å²) in [6.45, 7) is 0. The van der Waals surface area contributed by atoms with E-state index in [-0.39, 0.29) is 0 Å². The van der Waals surface area contributed by atoms with E-state index >= 15 is 0 Å². The smallest absolute Gasteiger partial charge is 0.0651 e. The predicted octanol–water partition coefficient (Wildman–Crippen LogP) is 8.99. The van der Waals surface area contributed by atoms with Crippen molar-refractivity contribution in [1.29, 1.82) is 0 Å². The minimum Gasteiger partial charge on any atom is -0.237 e. The lowest BCUT2D eigenvalue weighted by atomic mass is 10.4. The van der Waals surface area contributed by atoms with Gasteiger partial charge in [0.05, 0.1) is 9.79 Å². The molecule has 2 aromatic carbocycles. The molecule has 0 unspecified atom stereocenters. The molecule has 2 aromatic rings. The van der Waals surface area contributed by atoms with Crippen molar-refractivity contribution in [3.8, 4) is 0 Å². The molecule has 9 heteroatoms. The summed E-state index contributed by atoms with van der Waals surface area (Å²) in [5.41, 5.74) is 0. The molecule has 1 nitrogen and oxygen atoms in total. The molecule has 0 aromatic heterocycles. The monoisotopic (exact) mass is 701 g/mol. The van der Waals surface area contributed by atoms with Crippen LogP contribution in [-0.4, -0.2) is 0 Å². The Morgan fingerprint density at radius 2 is 0.857 bits per heavy atom. The highest BCUT2D eigenvalue weighted by Crippen LogP contribution is 2.43. The highest BCUT2D eigenvalue weighted by Gasteiger charge is 2.12. The predicted molar refractivity (Wildman–Crippen MR) is 112 cm³/mol. The van der Waals surface area contributed by atoms with Gasteiger partial charge in [-0.1, -0.05) is 31.9 Å². The topological polar surface area (TPSA) is 9.23 Å². The lowest BCUT2D eigenvalue weighted by molar-refractivity contribution is 0.754. The molecule has 0 N–H and O–H groups in total. The van der Waals surface area contributed by atoms with Crippen molar-refractivity contribution in [3.05, 3.63) is 51.1 Å². The van der Waals surface area contributed by atoms with Crippen LogP contribution in [0.25, 0.3) is 0 Å². The molecule has 0 bridgehead atoms. The fourth-order valence-electron chi connectivity index (χ4n) is 1.30. The summed E-state index contributed by atoms with van der Waals surface area (Å²) in [5.74, 6) is 0. The Kier molecular flexibility index (Phi) is 8.18. The number of hydrogen-bond donors (Lipinski definition) is 0. The molecular formula is C12H4Br6OS2. The quantitative estimate of drug-likeness (QED) is 0.294. The summed E-state index contributed by atoms with van der Waals surface area (Å²) in [5, 5.41) is 0. The highest BCUT2D eigenvalue weighted by molar-refractivity contribution is 9.12. The van der Waals surface area contributed by atoms with Gasteiger partial charge in [0, 0.05) is 50.9 Å². The first-order valence-corrected chi connectivity index (χ1v) is 11.4. The van der Waals surface area contributed by atoms with Gasteiger partial charge in [0.2, 0.25) is 0 Å². The number of halogens is 6. The Balaban J connectivity index is 2.09. The number of hydrogen-bond acceptors (Lipinski definition) is 3. The van der Waals surface area contributed by atoms with Gasteiger partial charge in [-0.2, -0.15) is 0 Å². The van der Waals surface area contributed by atoms with Crippen molar-refractivity contribution >= 4 is 120 Å². The Labute approximate surface area is 181 Å². The highest BCUT2D eigenvalue weighted by atomic mass is 79.9. The Morgan fingerprint density at radius 1 is 0.571 bits per heavy atom. The van der Waals surface area contributed by atoms with Crippen LogP contribution in [-0.2, 0) is 3.63 Å². The molecule has 21 heavy (non-hydrogen) atoms. The summed E-state index contributed by atoms with van der Waals surface area (Å²) >= 11 is 23.6. The van der Waals surface area contributed by atoms with Gasteiger partial charge in [-0.3, -0.25) is 0 Å². The second-order valence-electron chi connectivity index (χ2n) is 3.63. The van der Waals surface area contributed by atoms with E-state index in [1.54, 1.807) is 0 Å². The van der Waals surface area contributed by atoms with Crippen molar-refractivity contribution in [2.45, 2.75) is 9.79 Å². The zero-order valence-electron chi connectivity index (χ0n) is 9.80. The maximum absolute atomic E-state index is 5.69. The Bertz CT molecular complexity index is 575. The largest absolute Gasteiger partial charge is 0.237 e. The van der Waals surface area contributed by atoms with Gasteiger partial charge in [0.1, 0.15) is 0 Å². The van der Waals surface area contributed by atoms with Gasteiger partial charge in [0.25, 0.3) is 0 Å². The summed E-state index contributed by atoms with van der Waals surface area (Å²) in [6.07, 6.45) is 0. The number of benzene rings is 2. The zero-order valence-corrected chi connectivity index (χ0v) is 21.0. The van der Waals surface area contributed by atoms with Crippen LogP contribution in [0, 0.1) is 0 Å². The number of rotatable bonds is 4. The van der Waals surface area contributed by atoms with E-state index in [1.165, 1.54) is 24.1 Å². The molecule has 0 saturated carbocycles. The first-order chi connectivity index (χ1) is 9.88. The minimum atomic E-state index is 0.961. The molecule has 112 valence electrons. The van der Waals surface area contributed by atoms with E-state index in [0.29, 0.717) is 0 Å². The van der Waals surface area contributed by atoms with Crippen molar-refractivity contribution < 1.29 is 3.63 Å². The fourth-order valence-corrected chi connectivity index (χ4v) is 7.85. The van der Waals surface area contributed by atoms with Gasteiger partial charge in [-0.25, -0.2) is 3.63 Å². The molecule has 0 atom stereocenters. The second-order valence-corrected chi connectivity index (χ2v) is 10.6. The molecule has 2 rings (SSSR count). The fraction of sp³-hybridized carbons (Fsp3) is 0. The van der Waals surface area contributed by atoms with Crippen molar-refractivity contribution in [2.24, 2.45) is 0 Å². The van der Waals surface area contributed by atoms with Crippen LogP contribution in [0.1, 0.15) is 0 Å². The molecule has 0 heterocycles. The molecule has 0 aliphatic heterocycles. The van der Waals surface area contributed by atoms with Crippen LogP contribution in [0.3, 0.4) is 0 Å². The third-order valence-corrected chi connectivity index (χ3v) is 8.39. The third-order valence-electron chi connectivity index (χ3n) is 2.16. The molecule has 0 fully saturated rings. The zero-order chi connectivity index (χ0) is 15.6. The van der Waals surface area contributed by atoms with Gasteiger partial charge in [-0.15, -0.1) is 0 Å². The van der Waals surface area contributed by atoms with Crippen LogP contribution in [0.15, 0.2) is 60.9 Å². The maximum Gasteiger partial charge on any atom is 0.0651 e. The van der Waals surface area contributed by atoms with Crippen LogP contribution in [0.2, 0.25) is 0 Å². The van der Waals surface area contributed by atoms with E-state index < -0.39 is 0 Å². The summed E-state index contributed by atoms with van der Waals surface area (Å²) < 4.78 is 11.5. The molecule has 0 amide bonds. The first kappa shape index (κ1) is 19.3. The first-order valence-electron chi connectivity index (χ1n) is 5.18. The standard InChI is InChI=1S/C12H4Br6OS2/c13-5-1-7(15)11(8(16)2-5)20-19-21-12-9(17)3-6(14)4-10(12)18/h1-4H. The Morgan fingerprint density at radius 3 is 1.14 bits per heavy atom. The van der Waals surface area contributed by atoms with Crippen LogP contribution >= 0.6 is 120 Å². The van der Waals surface area contributed by atoms with Crippen LogP contribution < -0.4 is 0 Å². The normalized spacial score (nSPS) is 11.0. The van der Waals surface area contributed by atoms with Crippen LogP contribution in [0.4, 0.5) is 0 Å². The molecule has 0 radical (unpaired) electrons. The van der Waals surface area contributed by atoms with Crippen molar-refractivity contribution in [2.75, 3.05) is 0 Å². The third kappa shape index (κ3) is 5.49. The molecule has 0 aliphatic rings. The molecule has 0 saturated heterocycles. The summed E-state index contributed by atoms with van der Waals surface area (Å²) in [6, 6.07) is 7.92. The summed E-state index contributed by atoms with van der Waals surface area (Å²) in [4.78, 5) is 1.96. The van der Waals surface area contributed by atoms with E-state index in [9.17, 15) is 0 Å². The van der Waals surface area contributed by atoms with Crippen LogP contribution in [0.5, 0.6) is 0 Å². The van der Waals surface area contributed by atoms with Gasteiger partial charge >= 0.3 is 0 Å². The molecular weight excluding hydrogens is 704 g/mol. The van der Waals surface area contributed by atoms with E-state index in [4.69, 9.17) is 3.63 Å². The molecule has 0 aliphatic carbocycles. The van der Waals surface area contributed by atoms with E-state index in [2.05, 4.69) is 95.6 Å².